The van der Waals surface area contributed by atoms with Gasteiger partial charge in [-0.25, -0.2) is 0 Å². The summed E-state index contributed by atoms with van der Waals surface area (Å²) in [5.41, 5.74) is 0.718. The van der Waals surface area contributed by atoms with Crippen molar-refractivity contribution in [2.75, 3.05) is 14.2 Å². The molecule has 0 fully saturated rings. The number of hydrogen-bond acceptors (Lipinski definition) is 6. The quantitative estimate of drug-likeness (QED) is 0.873. The van der Waals surface area contributed by atoms with E-state index in [0.29, 0.717) is 35.8 Å². The van der Waals surface area contributed by atoms with Gasteiger partial charge in [0.25, 0.3) is 5.89 Å². The highest BCUT2D eigenvalue weighted by molar-refractivity contribution is 5.67. The first-order valence-corrected chi connectivity index (χ1v) is 6.43. The van der Waals surface area contributed by atoms with Crippen LogP contribution in [0.3, 0.4) is 0 Å². The van der Waals surface area contributed by atoms with Crippen LogP contribution in [-0.2, 0) is 6.54 Å². The Hall–Kier alpha value is -2.08. The van der Waals surface area contributed by atoms with Crippen LogP contribution in [0.15, 0.2) is 22.7 Å². The summed E-state index contributed by atoms with van der Waals surface area (Å²) in [4.78, 5) is 4.36. The molecule has 0 atom stereocenters. The summed E-state index contributed by atoms with van der Waals surface area (Å²) in [5.74, 6) is 2.24. The molecule has 0 amide bonds. The maximum absolute atomic E-state index is 5.36. The van der Waals surface area contributed by atoms with Gasteiger partial charge >= 0.3 is 0 Å². The Morgan fingerprint density at radius 2 is 2.05 bits per heavy atom. The molecule has 1 heterocycles. The monoisotopic (exact) mass is 277 g/mol. The molecule has 0 aliphatic carbocycles. The Morgan fingerprint density at radius 3 is 2.70 bits per heavy atom. The molecule has 0 aliphatic rings. The Bertz CT molecular complexity index is 567. The van der Waals surface area contributed by atoms with Gasteiger partial charge in [-0.15, -0.1) is 0 Å². The summed E-state index contributed by atoms with van der Waals surface area (Å²) < 4.78 is 15.9. The van der Waals surface area contributed by atoms with Gasteiger partial charge < -0.3 is 19.3 Å². The first-order valence-electron chi connectivity index (χ1n) is 6.43. The number of benzene rings is 1. The molecular weight excluding hydrogens is 258 g/mol. The molecule has 0 radical (unpaired) electrons. The summed E-state index contributed by atoms with van der Waals surface area (Å²) in [6.07, 6.45) is 0. The zero-order valence-electron chi connectivity index (χ0n) is 12.1. The van der Waals surface area contributed by atoms with Gasteiger partial charge in [0.05, 0.1) is 26.3 Å². The third-order valence-electron chi connectivity index (χ3n) is 2.77. The van der Waals surface area contributed by atoms with Crippen LogP contribution in [0.1, 0.15) is 19.7 Å². The lowest BCUT2D eigenvalue weighted by Gasteiger charge is -2.09. The van der Waals surface area contributed by atoms with Crippen molar-refractivity contribution in [1.82, 2.24) is 15.5 Å². The van der Waals surface area contributed by atoms with Gasteiger partial charge in [0.15, 0.2) is 17.3 Å². The standard InChI is InChI=1S/C14H19N3O3/c1-9(2)15-8-12-16-14(20-17-12)10-6-5-7-11(18-3)13(10)19-4/h5-7,9,15H,8H2,1-4H3. The molecule has 0 spiro atoms. The molecule has 1 aromatic heterocycles. The normalized spacial score (nSPS) is 10.8. The van der Waals surface area contributed by atoms with E-state index in [1.807, 2.05) is 18.2 Å². The van der Waals surface area contributed by atoms with Crippen molar-refractivity contribution in [3.63, 3.8) is 0 Å². The van der Waals surface area contributed by atoms with Crippen molar-refractivity contribution >= 4 is 0 Å². The van der Waals surface area contributed by atoms with E-state index in [1.165, 1.54) is 0 Å². The van der Waals surface area contributed by atoms with Gasteiger partial charge in [0.2, 0.25) is 0 Å². The van der Waals surface area contributed by atoms with Gasteiger partial charge in [-0.1, -0.05) is 25.1 Å². The van der Waals surface area contributed by atoms with E-state index in [2.05, 4.69) is 29.3 Å². The molecule has 1 aromatic carbocycles. The molecule has 6 nitrogen and oxygen atoms in total. The Kier molecular flexibility index (Phi) is 4.57. The number of hydrogen-bond donors (Lipinski definition) is 1. The molecule has 108 valence electrons. The molecule has 20 heavy (non-hydrogen) atoms. The van der Waals surface area contributed by atoms with Crippen LogP contribution in [0.25, 0.3) is 11.5 Å². The predicted octanol–water partition coefficient (Wildman–Crippen LogP) is 2.25. The van der Waals surface area contributed by atoms with Crippen molar-refractivity contribution in [2.24, 2.45) is 0 Å². The molecule has 2 aromatic rings. The van der Waals surface area contributed by atoms with Crippen LogP contribution < -0.4 is 14.8 Å². The lowest BCUT2D eigenvalue weighted by molar-refractivity contribution is 0.353. The van der Waals surface area contributed by atoms with Gasteiger partial charge in [-0.3, -0.25) is 0 Å². The number of nitrogens with zero attached hydrogens (tertiary/aromatic N) is 2. The van der Waals surface area contributed by atoms with Gasteiger partial charge in [-0.2, -0.15) is 4.98 Å². The number of para-hydroxylation sites is 1. The first-order chi connectivity index (χ1) is 9.65. The van der Waals surface area contributed by atoms with E-state index in [-0.39, 0.29) is 0 Å². The molecule has 0 aliphatic heterocycles. The zero-order chi connectivity index (χ0) is 14.5. The summed E-state index contributed by atoms with van der Waals surface area (Å²) in [6.45, 7) is 4.69. The average Bonchev–Trinajstić information content (AvgIpc) is 2.92. The van der Waals surface area contributed by atoms with Crippen molar-refractivity contribution < 1.29 is 14.0 Å². The molecule has 0 saturated carbocycles. The smallest absolute Gasteiger partial charge is 0.261 e. The first kappa shape index (κ1) is 14.3. The lowest BCUT2D eigenvalue weighted by Crippen LogP contribution is -2.22. The van der Waals surface area contributed by atoms with Crippen molar-refractivity contribution in [3.8, 4) is 23.0 Å². The third-order valence-corrected chi connectivity index (χ3v) is 2.77. The third kappa shape index (κ3) is 3.08. The molecule has 2 rings (SSSR count). The van der Waals surface area contributed by atoms with E-state index >= 15 is 0 Å². The fraction of sp³-hybridized carbons (Fsp3) is 0.429. The van der Waals surface area contributed by atoms with Crippen molar-refractivity contribution in [1.29, 1.82) is 0 Å². The zero-order valence-corrected chi connectivity index (χ0v) is 12.1. The second kappa shape index (κ2) is 6.38. The van der Waals surface area contributed by atoms with E-state index in [1.54, 1.807) is 14.2 Å². The molecule has 0 bridgehead atoms. The van der Waals surface area contributed by atoms with Crippen LogP contribution in [0, 0.1) is 0 Å². The minimum absolute atomic E-state index is 0.364. The fourth-order valence-electron chi connectivity index (χ4n) is 1.79. The number of methoxy groups -OCH3 is 2. The highest BCUT2D eigenvalue weighted by atomic mass is 16.5. The van der Waals surface area contributed by atoms with Crippen molar-refractivity contribution in [3.05, 3.63) is 24.0 Å². The predicted molar refractivity (Wildman–Crippen MR) is 74.8 cm³/mol. The van der Waals surface area contributed by atoms with Crippen LogP contribution in [0.5, 0.6) is 11.5 Å². The topological polar surface area (TPSA) is 69.4 Å². The highest BCUT2D eigenvalue weighted by Gasteiger charge is 2.17. The molecule has 0 unspecified atom stereocenters. The summed E-state index contributed by atoms with van der Waals surface area (Å²) >= 11 is 0. The Labute approximate surface area is 118 Å². The maximum Gasteiger partial charge on any atom is 0.261 e. The molecule has 0 saturated heterocycles. The van der Waals surface area contributed by atoms with E-state index in [9.17, 15) is 0 Å². The number of ether oxygens (including phenoxy) is 2. The van der Waals surface area contributed by atoms with Crippen molar-refractivity contribution in [2.45, 2.75) is 26.4 Å². The Balaban J connectivity index is 2.28. The average molecular weight is 277 g/mol. The van der Waals surface area contributed by atoms with E-state index in [0.717, 1.165) is 5.56 Å². The molecule has 1 N–H and O–H groups in total. The number of nitrogens with one attached hydrogen (secondary N) is 1. The Morgan fingerprint density at radius 1 is 1.25 bits per heavy atom. The molecule has 6 heteroatoms. The second-order valence-electron chi connectivity index (χ2n) is 4.59. The fourth-order valence-corrected chi connectivity index (χ4v) is 1.79. The second-order valence-corrected chi connectivity index (χ2v) is 4.59. The SMILES string of the molecule is COc1cccc(-c2nc(CNC(C)C)no2)c1OC. The minimum Gasteiger partial charge on any atom is -0.493 e. The summed E-state index contributed by atoms with van der Waals surface area (Å²) in [5, 5.41) is 7.19. The summed E-state index contributed by atoms with van der Waals surface area (Å²) in [6, 6.07) is 5.89. The summed E-state index contributed by atoms with van der Waals surface area (Å²) in [7, 11) is 3.17. The van der Waals surface area contributed by atoms with Crippen LogP contribution in [-0.4, -0.2) is 30.4 Å². The van der Waals surface area contributed by atoms with Crippen LogP contribution >= 0.6 is 0 Å². The maximum atomic E-state index is 5.36. The van der Waals surface area contributed by atoms with Gasteiger partial charge in [0, 0.05) is 6.04 Å². The highest BCUT2D eigenvalue weighted by Crippen LogP contribution is 2.36. The van der Waals surface area contributed by atoms with E-state index < -0.39 is 0 Å². The van der Waals surface area contributed by atoms with Crippen LogP contribution in [0.2, 0.25) is 0 Å². The minimum atomic E-state index is 0.364. The lowest BCUT2D eigenvalue weighted by atomic mass is 10.2. The van der Waals surface area contributed by atoms with E-state index in [4.69, 9.17) is 14.0 Å². The number of rotatable bonds is 6. The number of aromatic nitrogens is 2. The van der Waals surface area contributed by atoms with Gasteiger partial charge in [-0.05, 0) is 12.1 Å². The van der Waals surface area contributed by atoms with Crippen LogP contribution in [0.4, 0.5) is 0 Å². The largest absolute Gasteiger partial charge is 0.493 e. The molecular formula is C14H19N3O3. The van der Waals surface area contributed by atoms with Gasteiger partial charge in [0.1, 0.15) is 0 Å².